The predicted octanol–water partition coefficient (Wildman–Crippen LogP) is 1.29. The Morgan fingerprint density at radius 3 is 2.81 bits per heavy atom. The van der Waals surface area contributed by atoms with Crippen molar-refractivity contribution in [3.05, 3.63) is 29.8 Å². The molecule has 1 aromatic carbocycles. The lowest BCUT2D eigenvalue weighted by atomic mass is 10.2. The van der Waals surface area contributed by atoms with E-state index in [-0.39, 0.29) is 18.1 Å². The Balaban J connectivity index is 2.66. The van der Waals surface area contributed by atoms with Crippen molar-refractivity contribution in [2.24, 2.45) is 0 Å². The second kappa shape index (κ2) is 5.47. The van der Waals surface area contributed by atoms with Crippen LogP contribution in [0.2, 0.25) is 0 Å². The van der Waals surface area contributed by atoms with Crippen LogP contribution in [0.1, 0.15) is 5.56 Å². The van der Waals surface area contributed by atoms with Gasteiger partial charge in [-0.05, 0) is 23.8 Å². The summed E-state index contributed by atoms with van der Waals surface area (Å²) in [5.41, 5.74) is 0.563. The first-order chi connectivity index (χ1) is 7.63. The van der Waals surface area contributed by atoms with Crippen LogP contribution >= 0.6 is 0 Å². The van der Waals surface area contributed by atoms with Crippen LogP contribution in [0.3, 0.4) is 0 Å². The summed E-state index contributed by atoms with van der Waals surface area (Å²) in [4.78, 5) is 11.0. The van der Waals surface area contributed by atoms with Crippen molar-refractivity contribution in [2.45, 2.75) is 0 Å². The van der Waals surface area contributed by atoms with Gasteiger partial charge >= 0.3 is 5.97 Å². The molecule has 1 aromatic rings. The number of aromatic hydroxyl groups is 2. The lowest BCUT2D eigenvalue weighted by Crippen LogP contribution is -1.99. The van der Waals surface area contributed by atoms with E-state index in [9.17, 15) is 9.90 Å². The Morgan fingerprint density at radius 1 is 1.44 bits per heavy atom. The van der Waals surface area contributed by atoms with Crippen molar-refractivity contribution in [1.29, 1.82) is 0 Å². The van der Waals surface area contributed by atoms with Crippen LogP contribution in [0, 0.1) is 12.3 Å². The molecule has 1 rings (SSSR count). The Hall–Kier alpha value is -2.41. The van der Waals surface area contributed by atoms with Crippen molar-refractivity contribution in [1.82, 2.24) is 0 Å². The summed E-state index contributed by atoms with van der Waals surface area (Å²) in [6.07, 6.45) is 7.53. The van der Waals surface area contributed by atoms with Crippen molar-refractivity contribution in [2.75, 3.05) is 6.61 Å². The highest BCUT2D eigenvalue weighted by molar-refractivity contribution is 5.87. The van der Waals surface area contributed by atoms with E-state index in [1.54, 1.807) is 6.07 Å². The van der Waals surface area contributed by atoms with Gasteiger partial charge in [-0.2, -0.15) is 0 Å². The molecule has 2 N–H and O–H groups in total. The van der Waals surface area contributed by atoms with Gasteiger partial charge in [-0.25, -0.2) is 4.79 Å². The Labute approximate surface area is 92.8 Å². The molecule has 82 valence electrons. The van der Waals surface area contributed by atoms with Gasteiger partial charge in [0.1, 0.15) is 0 Å². The smallest absolute Gasteiger partial charge is 0.331 e. The minimum atomic E-state index is -0.564. The number of carbonyl (C=O) groups is 1. The third kappa shape index (κ3) is 3.39. The zero-order valence-corrected chi connectivity index (χ0v) is 8.38. The third-order valence-electron chi connectivity index (χ3n) is 1.71. The highest BCUT2D eigenvalue weighted by atomic mass is 16.5. The molecule has 0 aliphatic carbocycles. The summed E-state index contributed by atoms with van der Waals surface area (Å²) in [5, 5.41) is 18.2. The molecule has 0 bridgehead atoms. The van der Waals surface area contributed by atoms with Gasteiger partial charge < -0.3 is 14.9 Å². The summed E-state index contributed by atoms with van der Waals surface area (Å²) in [6.45, 7) is -0.0794. The van der Waals surface area contributed by atoms with Gasteiger partial charge in [0.15, 0.2) is 18.1 Å². The second-order valence-electron chi connectivity index (χ2n) is 2.89. The molecule has 4 heteroatoms. The first-order valence-corrected chi connectivity index (χ1v) is 4.44. The molecule has 0 aliphatic heterocycles. The maximum absolute atomic E-state index is 11.0. The Kier molecular flexibility index (Phi) is 3.98. The standard InChI is InChI=1S/C12H10O4/c1-2-7-16-12(15)6-4-9-3-5-10(13)11(14)8-9/h1,3-6,8,13-14H,7H2/b6-4+. The van der Waals surface area contributed by atoms with E-state index in [4.69, 9.17) is 11.5 Å². The highest BCUT2D eigenvalue weighted by Crippen LogP contribution is 2.25. The molecule has 0 saturated carbocycles. The lowest BCUT2D eigenvalue weighted by Gasteiger charge is -1.98. The van der Waals surface area contributed by atoms with E-state index in [0.29, 0.717) is 5.56 Å². The van der Waals surface area contributed by atoms with E-state index in [2.05, 4.69) is 10.7 Å². The normalized spacial score (nSPS) is 9.94. The number of terminal acetylenes is 1. The molecule has 0 spiro atoms. The molecule has 0 saturated heterocycles. The number of esters is 1. The highest BCUT2D eigenvalue weighted by Gasteiger charge is 1.99. The number of rotatable bonds is 3. The fourth-order valence-electron chi connectivity index (χ4n) is 0.969. The largest absolute Gasteiger partial charge is 0.504 e. The molecule has 4 nitrogen and oxygen atoms in total. The van der Waals surface area contributed by atoms with Gasteiger partial charge in [-0.3, -0.25) is 0 Å². The lowest BCUT2D eigenvalue weighted by molar-refractivity contribution is -0.136. The summed E-state index contributed by atoms with van der Waals surface area (Å²) in [6, 6.07) is 4.18. The van der Waals surface area contributed by atoms with Gasteiger partial charge in [-0.1, -0.05) is 12.0 Å². The van der Waals surface area contributed by atoms with Crippen LogP contribution in [-0.2, 0) is 9.53 Å². The fourth-order valence-corrected chi connectivity index (χ4v) is 0.969. The van der Waals surface area contributed by atoms with E-state index >= 15 is 0 Å². The van der Waals surface area contributed by atoms with Crippen LogP contribution in [0.25, 0.3) is 6.08 Å². The third-order valence-corrected chi connectivity index (χ3v) is 1.71. The van der Waals surface area contributed by atoms with Gasteiger partial charge in [0, 0.05) is 6.08 Å². The Bertz CT molecular complexity index is 455. The van der Waals surface area contributed by atoms with Gasteiger partial charge in [0.05, 0.1) is 0 Å². The van der Waals surface area contributed by atoms with E-state index in [0.717, 1.165) is 0 Å². The first kappa shape index (κ1) is 11.7. The van der Waals surface area contributed by atoms with Crippen LogP contribution in [-0.4, -0.2) is 22.8 Å². The number of ether oxygens (including phenoxy) is 1. The molecular formula is C12H10O4. The molecule has 16 heavy (non-hydrogen) atoms. The van der Waals surface area contributed by atoms with Crippen LogP contribution in [0.5, 0.6) is 11.5 Å². The van der Waals surface area contributed by atoms with Crippen molar-refractivity contribution in [3.63, 3.8) is 0 Å². The summed E-state index contributed by atoms with van der Waals surface area (Å²) in [7, 11) is 0. The topological polar surface area (TPSA) is 66.8 Å². The number of benzene rings is 1. The van der Waals surface area contributed by atoms with E-state index in [1.165, 1.54) is 24.3 Å². The van der Waals surface area contributed by atoms with Crippen LogP contribution in [0.15, 0.2) is 24.3 Å². The van der Waals surface area contributed by atoms with Crippen LogP contribution < -0.4 is 0 Å². The molecule has 0 unspecified atom stereocenters. The molecular weight excluding hydrogens is 208 g/mol. The number of hydrogen-bond acceptors (Lipinski definition) is 4. The van der Waals surface area contributed by atoms with E-state index < -0.39 is 5.97 Å². The average Bonchev–Trinajstić information content (AvgIpc) is 2.28. The average molecular weight is 218 g/mol. The Morgan fingerprint density at radius 2 is 2.19 bits per heavy atom. The SMILES string of the molecule is C#CCOC(=O)/C=C/c1ccc(O)c(O)c1. The van der Waals surface area contributed by atoms with Crippen molar-refractivity contribution in [3.8, 4) is 23.8 Å². The molecule has 0 heterocycles. The number of phenols is 2. The number of phenolic OH excluding ortho intramolecular Hbond substituents is 2. The number of hydrogen-bond donors (Lipinski definition) is 2. The molecule has 0 amide bonds. The zero-order chi connectivity index (χ0) is 12.0. The van der Waals surface area contributed by atoms with Gasteiger partial charge in [0.2, 0.25) is 0 Å². The minimum Gasteiger partial charge on any atom is -0.504 e. The van der Waals surface area contributed by atoms with Crippen molar-refractivity contribution >= 4 is 12.0 Å². The molecule has 0 fully saturated rings. The molecule has 0 radical (unpaired) electrons. The maximum atomic E-state index is 11.0. The van der Waals surface area contributed by atoms with Gasteiger partial charge in [0.25, 0.3) is 0 Å². The molecule has 0 aromatic heterocycles. The van der Waals surface area contributed by atoms with Crippen molar-refractivity contribution < 1.29 is 19.7 Å². The zero-order valence-electron chi connectivity index (χ0n) is 8.38. The van der Waals surface area contributed by atoms with E-state index in [1.807, 2.05) is 0 Å². The quantitative estimate of drug-likeness (QED) is 0.347. The minimum absolute atomic E-state index is 0.0794. The summed E-state index contributed by atoms with van der Waals surface area (Å²) < 4.78 is 4.59. The summed E-state index contributed by atoms with van der Waals surface area (Å²) >= 11 is 0. The monoisotopic (exact) mass is 218 g/mol. The first-order valence-electron chi connectivity index (χ1n) is 4.44. The maximum Gasteiger partial charge on any atom is 0.331 e. The summed E-state index contributed by atoms with van der Waals surface area (Å²) in [5.74, 6) is 1.13. The predicted molar refractivity (Wildman–Crippen MR) is 58.6 cm³/mol. The second-order valence-corrected chi connectivity index (χ2v) is 2.89. The molecule has 0 aliphatic rings. The number of carbonyl (C=O) groups excluding carboxylic acids is 1. The van der Waals surface area contributed by atoms with Gasteiger partial charge in [-0.15, -0.1) is 6.42 Å². The fraction of sp³-hybridized carbons (Fsp3) is 0.0833. The molecule has 0 atom stereocenters. The van der Waals surface area contributed by atoms with Crippen LogP contribution in [0.4, 0.5) is 0 Å².